The zero-order valence-corrected chi connectivity index (χ0v) is 18.0. The fourth-order valence-electron chi connectivity index (χ4n) is 2.81. The average Bonchev–Trinajstić information content (AvgIpc) is 3.16. The number of ether oxygens (including phenoxy) is 1. The van der Waals surface area contributed by atoms with Crippen LogP contribution in [-0.4, -0.2) is 39.1 Å². The third-order valence-corrected chi connectivity index (χ3v) is 5.62. The molecule has 152 valence electrons. The number of nitrogens with zero attached hydrogens (tertiary/aromatic N) is 3. The van der Waals surface area contributed by atoms with Crippen molar-refractivity contribution in [2.45, 2.75) is 37.9 Å². The molecule has 1 heterocycles. The summed E-state index contributed by atoms with van der Waals surface area (Å²) in [5.41, 5.74) is 1.54. The van der Waals surface area contributed by atoms with Crippen molar-refractivity contribution in [3.05, 3.63) is 54.6 Å². The molecule has 0 spiro atoms. The lowest BCUT2D eigenvalue weighted by atomic mass is 10.0. The van der Waals surface area contributed by atoms with Crippen molar-refractivity contribution >= 4 is 17.7 Å². The van der Waals surface area contributed by atoms with Gasteiger partial charge in [0, 0.05) is 11.2 Å². The van der Waals surface area contributed by atoms with E-state index >= 15 is 0 Å². The number of carbonyl (C=O) groups is 1. The van der Waals surface area contributed by atoms with Crippen LogP contribution in [0.4, 0.5) is 0 Å². The number of aromatic nitrogens is 3. The fraction of sp³-hybridized carbons (Fsp3) is 0.318. The highest BCUT2D eigenvalue weighted by Crippen LogP contribution is 2.33. The predicted octanol–water partition coefficient (Wildman–Crippen LogP) is 4.34. The van der Waals surface area contributed by atoms with E-state index in [1.54, 1.807) is 7.11 Å². The minimum atomic E-state index is -0.229. The predicted molar refractivity (Wildman–Crippen MR) is 117 cm³/mol. The smallest absolute Gasteiger partial charge is 0.230 e. The van der Waals surface area contributed by atoms with Crippen LogP contribution in [0.2, 0.25) is 0 Å². The van der Waals surface area contributed by atoms with Crippen molar-refractivity contribution in [2.24, 2.45) is 0 Å². The van der Waals surface area contributed by atoms with E-state index in [1.165, 1.54) is 11.8 Å². The largest absolute Gasteiger partial charge is 0.496 e. The molecule has 2 aromatic carbocycles. The maximum Gasteiger partial charge on any atom is 0.230 e. The van der Waals surface area contributed by atoms with Gasteiger partial charge in [-0.25, -0.2) is 0 Å². The van der Waals surface area contributed by atoms with E-state index in [1.807, 2.05) is 73.0 Å². The highest BCUT2D eigenvalue weighted by molar-refractivity contribution is 7.99. The summed E-state index contributed by atoms with van der Waals surface area (Å²) >= 11 is 1.37. The minimum absolute atomic E-state index is 0.0247. The topological polar surface area (TPSA) is 69.0 Å². The van der Waals surface area contributed by atoms with Crippen LogP contribution >= 0.6 is 11.8 Å². The summed E-state index contributed by atoms with van der Waals surface area (Å²) in [5, 5.41) is 12.5. The van der Waals surface area contributed by atoms with E-state index in [9.17, 15) is 4.79 Å². The molecular weight excluding hydrogens is 384 g/mol. The third-order valence-electron chi connectivity index (χ3n) is 4.69. The van der Waals surface area contributed by atoms with Gasteiger partial charge in [0.1, 0.15) is 5.75 Å². The second-order valence-corrected chi connectivity index (χ2v) is 8.19. The van der Waals surface area contributed by atoms with Crippen LogP contribution in [0.5, 0.6) is 5.75 Å². The Kier molecular flexibility index (Phi) is 6.59. The first-order chi connectivity index (χ1) is 13.9. The highest BCUT2D eigenvalue weighted by Gasteiger charge is 2.21. The first-order valence-corrected chi connectivity index (χ1v) is 10.5. The lowest BCUT2D eigenvalue weighted by Gasteiger charge is -2.24. The van der Waals surface area contributed by atoms with Crippen molar-refractivity contribution in [3.8, 4) is 22.8 Å². The SMILES string of the molecule is CCC(C)(C)NC(=O)CSc1nnc(-c2ccccc2OC)n1-c1ccccc1. The summed E-state index contributed by atoms with van der Waals surface area (Å²) in [6.45, 7) is 6.09. The summed E-state index contributed by atoms with van der Waals surface area (Å²) in [4.78, 5) is 12.4. The Morgan fingerprint density at radius 3 is 2.48 bits per heavy atom. The first kappa shape index (κ1) is 20.9. The number of thioether (sulfide) groups is 1. The zero-order chi connectivity index (χ0) is 20.9. The highest BCUT2D eigenvalue weighted by atomic mass is 32.2. The number of carbonyl (C=O) groups excluding carboxylic acids is 1. The molecule has 7 heteroatoms. The van der Waals surface area contributed by atoms with Crippen LogP contribution in [0.25, 0.3) is 17.1 Å². The normalized spacial score (nSPS) is 11.3. The summed E-state index contributed by atoms with van der Waals surface area (Å²) in [5.74, 6) is 1.63. The molecule has 1 N–H and O–H groups in total. The molecule has 0 aliphatic rings. The van der Waals surface area contributed by atoms with Gasteiger partial charge in [0.25, 0.3) is 0 Å². The lowest BCUT2D eigenvalue weighted by Crippen LogP contribution is -2.43. The van der Waals surface area contributed by atoms with Gasteiger partial charge >= 0.3 is 0 Å². The number of para-hydroxylation sites is 2. The van der Waals surface area contributed by atoms with Gasteiger partial charge in [0.2, 0.25) is 5.91 Å². The van der Waals surface area contributed by atoms with Gasteiger partial charge in [-0.05, 0) is 44.5 Å². The number of benzene rings is 2. The van der Waals surface area contributed by atoms with Crippen LogP contribution in [0, 0.1) is 0 Å². The van der Waals surface area contributed by atoms with Gasteiger partial charge in [-0.15, -0.1) is 10.2 Å². The molecule has 1 amide bonds. The molecule has 3 aromatic rings. The van der Waals surface area contributed by atoms with Crippen molar-refractivity contribution in [2.75, 3.05) is 12.9 Å². The molecule has 3 rings (SSSR count). The van der Waals surface area contributed by atoms with Crippen LogP contribution in [0.3, 0.4) is 0 Å². The molecule has 29 heavy (non-hydrogen) atoms. The lowest BCUT2D eigenvalue weighted by molar-refractivity contribution is -0.120. The second kappa shape index (κ2) is 9.13. The number of methoxy groups -OCH3 is 1. The van der Waals surface area contributed by atoms with Gasteiger partial charge in [-0.1, -0.05) is 49.0 Å². The summed E-state index contributed by atoms with van der Waals surface area (Å²) in [7, 11) is 1.64. The van der Waals surface area contributed by atoms with Gasteiger partial charge in [-0.2, -0.15) is 0 Å². The Bertz CT molecular complexity index is 970. The van der Waals surface area contributed by atoms with Crippen LogP contribution in [0.1, 0.15) is 27.2 Å². The number of hydrogen-bond acceptors (Lipinski definition) is 5. The van der Waals surface area contributed by atoms with Crippen LogP contribution < -0.4 is 10.1 Å². The van der Waals surface area contributed by atoms with Crippen molar-refractivity contribution in [3.63, 3.8) is 0 Å². The Balaban J connectivity index is 1.95. The minimum Gasteiger partial charge on any atom is -0.496 e. The van der Waals surface area contributed by atoms with Crippen molar-refractivity contribution in [1.29, 1.82) is 0 Å². The van der Waals surface area contributed by atoms with E-state index in [0.717, 1.165) is 23.4 Å². The summed E-state index contributed by atoms with van der Waals surface area (Å²) in [6, 6.07) is 17.6. The molecule has 0 fully saturated rings. The molecule has 0 atom stereocenters. The monoisotopic (exact) mass is 410 g/mol. The van der Waals surface area contributed by atoms with E-state index in [2.05, 4.69) is 22.4 Å². The number of amides is 1. The fourth-order valence-corrected chi connectivity index (χ4v) is 3.56. The Labute approximate surface area is 175 Å². The van der Waals surface area contributed by atoms with E-state index in [0.29, 0.717) is 11.0 Å². The van der Waals surface area contributed by atoms with E-state index < -0.39 is 0 Å². The maximum atomic E-state index is 12.4. The van der Waals surface area contributed by atoms with E-state index in [4.69, 9.17) is 4.74 Å². The second-order valence-electron chi connectivity index (χ2n) is 7.25. The number of hydrogen-bond donors (Lipinski definition) is 1. The molecule has 0 unspecified atom stereocenters. The maximum absolute atomic E-state index is 12.4. The zero-order valence-electron chi connectivity index (χ0n) is 17.2. The van der Waals surface area contributed by atoms with Crippen LogP contribution in [0.15, 0.2) is 59.8 Å². The van der Waals surface area contributed by atoms with Gasteiger partial charge in [-0.3, -0.25) is 9.36 Å². The molecular formula is C22H26N4O2S. The number of rotatable bonds is 8. The summed E-state index contributed by atoms with van der Waals surface area (Å²) in [6.07, 6.45) is 0.863. The standard InChI is InChI=1S/C22H26N4O2S/c1-5-22(2,3)23-19(27)15-29-21-25-24-20(17-13-9-10-14-18(17)28-4)26(21)16-11-7-6-8-12-16/h6-14H,5,15H2,1-4H3,(H,23,27). The van der Waals surface area contributed by atoms with Crippen molar-refractivity contribution < 1.29 is 9.53 Å². The Hall–Kier alpha value is -2.80. The molecule has 0 bridgehead atoms. The quantitative estimate of drug-likeness (QED) is 0.560. The molecule has 0 aliphatic carbocycles. The van der Waals surface area contributed by atoms with Crippen LogP contribution in [-0.2, 0) is 4.79 Å². The van der Waals surface area contributed by atoms with Gasteiger partial charge < -0.3 is 10.1 Å². The molecule has 0 aliphatic heterocycles. The molecule has 6 nitrogen and oxygen atoms in total. The molecule has 0 saturated carbocycles. The molecule has 1 aromatic heterocycles. The number of nitrogens with one attached hydrogen (secondary N) is 1. The van der Waals surface area contributed by atoms with Crippen molar-refractivity contribution in [1.82, 2.24) is 20.1 Å². The Morgan fingerprint density at radius 1 is 1.10 bits per heavy atom. The first-order valence-electron chi connectivity index (χ1n) is 9.53. The summed E-state index contributed by atoms with van der Waals surface area (Å²) < 4.78 is 7.47. The Morgan fingerprint density at radius 2 is 1.79 bits per heavy atom. The molecule has 0 saturated heterocycles. The van der Waals surface area contributed by atoms with Gasteiger partial charge in [0.05, 0.1) is 18.4 Å². The molecule has 0 radical (unpaired) electrons. The van der Waals surface area contributed by atoms with E-state index in [-0.39, 0.29) is 17.2 Å². The third kappa shape index (κ3) is 4.98. The average molecular weight is 411 g/mol. The van der Waals surface area contributed by atoms with Gasteiger partial charge in [0.15, 0.2) is 11.0 Å².